The highest BCUT2D eigenvalue weighted by Crippen LogP contribution is 2.14. The van der Waals surface area contributed by atoms with Gasteiger partial charge < -0.3 is 16.2 Å². The smallest absolute Gasteiger partial charge is 0.331 e. The Labute approximate surface area is 121 Å². The molecule has 21 heavy (non-hydrogen) atoms. The van der Waals surface area contributed by atoms with Crippen LogP contribution in [-0.2, 0) is 16.1 Å². The summed E-state index contributed by atoms with van der Waals surface area (Å²) in [7, 11) is 0. The molecule has 0 aliphatic heterocycles. The number of ether oxygens (including phenoxy) is 1. The van der Waals surface area contributed by atoms with E-state index in [1.54, 1.807) is 36.4 Å². The maximum absolute atomic E-state index is 12.7. The van der Waals surface area contributed by atoms with Crippen molar-refractivity contribution < 1.29 is 13.9 Å². The van der Waals surface area contributed by atoms with E-state index < -0.39 is 5.97 Å². The van der Waals surface area contributed by atoms with Crippen molar-refractivity contribution in [1.29, 1.82) is 0 Å². The maximum atomic E-state index is 12.7. The molecule has 0 aliphatic rings. The summed E-state index contributed by atoms with van der Waals surface area (Å²) in [5.41, 5.74) is 13.8. The highest BCUT2D eigenvalue weighted by atomic mass is 19.1. The van der Waals surface area contributed by atoms with Crippen LogP contribution in [-0.4, -0.2) is 5.97 Å². The first-order chi connectivity index (χ1) is 10.0. The van der Waals surface area contributed by atoms with Crippen molar-refractivity contribution in [3.63, 3.8) is 0 Å². The van der Waals surface area contributed by atoms with E-state index in [0.717, 1.165) is 5.56 Å². The van der Waals surface area contributed by atoms with Gasteiger partial charge in [-0.05, 0) is 47.5 Å². The van der Waals surface area contributed by atoms with Crippen LogP contribution in [0.15, 0.2) is 48.5 Å². The van der Waals surface area contributed by atoms with Crippen LogP contribution in [0.4, 0.5) is 15.8 Å². The third-order valence-corrected chi connectivity index (χ3v) is 2.70. The van der Waals surface area contributed by atoms with Crippen molar-refractivity contribution in [2.45, 2.75) is 6.61 Å². The molecule has 0 spiro atoms. The summed E-state index contributed by atoms with van der Waals surface area (Å²) in [5.74, 6) is -0.825. The van der Waals surface area contributed by atoms with Gasteiger partial charge in [0.2, 0.25) is 0 Å². The summed E-state index contributed by atoms with van der Waals surface area (Å²) >= 11 is 0. The zero-order valence-electron chi connectivity index (χ0n) is 11.3. The molecule has 0 fully saturated rings. The van der Waals surface area contributed by atoms with Crippen LogP contribution in [0.5, 0.6) is 0 Å². The van der Waals surface area contributed by atoms with Crippen molar-refractivity contribution in [2.24, 2.45) is 0 Å². The molecule has 0 saturated carbocycles. The van der Waals surface area contributed by atoms with Gasteiger partial charge in [0.15, 0.2) is 0 Å². The van der Waals surface area contributed by atoms with E-state index in [0.29, 0.717) is 16.9 Å². The summed E-state index contributed by atoms with van der Waals surface area (Å²) in [4.78, 5) is 11.6. The first-order valence-electron chi connectivity index (χ1n) is 6.28. The summed E-state index contributed by atoms with van der Waals surface area (Å²) < 4.78 is 17.8. The van der Waals surface area contributed by atoms with Crippen molar-refractivity contribution >= 4 is 23.4 Å². The average Bonchev–Trinajstić information content (AvgIpc) is 2.43. The normalized spacial score (nSPS) is 10.7. The lowest BCUT2D eigenvalue weighted by atomic mass is 10.2. The van der Waals surface area contributed by atoms with Gasteiger partial charge in [-0.25, -0.2) is 9.18 Å². The van der Waals surface area contributed by atoms with E-state index in [1.165, 1.54) is 18.2 Å². The second-order valence-corrected chi connectivity index (χ2v) is 4.50. The summed E-state index contributed by atoms with van der Waals surface area (Å²) in [6, 6.07) is 10.8. The van der Waals surface area contributed by atoms with Gasteiger partial charge in [0.05, 0.1) is 0 Å². The number of carbonyl (C=O) groups is 1. The molecule has 0 saturated heterocycles. The Morgan fingerprint density at radius 2 is 1.71 bits per heavy atom. The number of esters is 1. The minimum Gasteiger partial charge on any atom is -0.458 e. The monoisotopic (exact) mass is 286 g/mol. The zero-order chi connectivity index (χ0) is 15.2. The molecule has 2 aromatic rings. The van der Waals surface area contributed by atoms with Crippen molar-refractivity contribution in [3.8, 4) is 0 Å². The number of nitrogens with two attached hydrogens (primary N) is 2. The number of anilines is 2. The van der Waals surface area contributed by atoms with Crippen LogP contribution in [0.1, 0.15) is 11.1 Å². The van der Waals surface area contributed by atoms with Crippen LogP contribution in [0.25, 0.3) is 6.08 Å². The SMILES string of the molecule is Nc1cc(N)cc(COC(=O)C=Cc2ccc(F)cc2)c1. The lowest BCUT2D eigenvalue weighted by molar-refractivity contribution is -0.138. The quantitative estimate of drug-likeness (QED) is 0.514. The number of rotatable bonds is 4. The molecule has 0 radical (unpaired) electrons. The molecule has 0 atom stereocenters. The van der Waals surface area contributed by atoms with Gasteiger partial charge >= 0.3 is 5.97 Å². The molecule has 2 aromatic carbocycles. The predicted octanol–water partition coefficient (Wildman–Crippen LogP) is 2.75. The second kappa shape index (κ2) is 6.56. The molecule has 4 nitrogen and oxygen atoms in total. The van der Waals surface area contributed by atoms with E-state index in [1.807, 2.05) is 0 Å². The third-order valence-electron chi connectivity index (χ3n) is 2.70. The second-order valence-electron chi connectivity index (χ2n) is 4.50. The topological polar surface area (TPSA) is 78.3 Å². The molecule has 0 aromatic heterocycles. The lowest BCUT2D eigenvalue weighted by Crippen LogP contribution is -2.02. The Morgan fingerprint density at radius 3 is 2.33 bits per heavy atom. The van der Waals surface area contributed by atoms with Crippen molar-refractivity contribution in [1.82, 2.24) is 0 Å². The Hall–Kier alpha value is -2.82. The first kappa shape index (κ1) is 14.6. The molecule has 4 N–H and O–H groups in total. The van der Waals surface area contributed by atoms with Gasteiger partial charge in [-0.1, -0.05) is 12.1 Å². The van der Waals surface area contributed by atoms with Crippen molar-refractivity contribution in [2.75, 3.05) is 11.5 Å². The molecular weight excluding hydrogens is 271 g/mol. The van der Waals surface area contributed by atoms with Crippen LogP contribution in [0.2, 0.25) is 0 Å². The number of benzene rings is 2. The van der Waals surface area contributed by atoms with Gasteiger partial charge in [-0.15, -0.1) is 0 Å². The van der Waals surface area contributed by atoms with Gasteiger partial charge in [-0.2, -0.15) is 0 Å². The largest absolute Gasteiger partial charge is 0.458 e. The van der Waals surface area contributed by atoms with E-state index >= 15 is 0 Å². The predicted molar refractivity (Wildman–Crippen MR) is 80.5 cm³/mol. The maximum Gasteiger partial charge on any atom is 0.331 e. The van der Waals surface area contributed by atoms with Crippen molar-refractivity contribution in [3.05, 3.63) is 65.5 Å². The fourth-order valence-electron chi connectivity index (χ4n) is 1.77. The summed E-state index contributed by atoms with van der Waals surface area (Å²) in [6.07, 6.45) is 2.83. The number of hydrogen-bond acceptors (Lipinski definition) is 4. The fraction of sp³-hybridized carbons (Fsp3) is 0.0625. The van der Waals surface area contributed by atoms with E-state index in [-0.39, 0.29) is 12.4 Å². The molecule has 0 amide bonds. The molecular formula is C16H15FN2O2. The first-order valence-corrected chi connectivity index (χ1v) is 6.28. The molecule has 108 valence electrons. The molecule has 0 aliphatic carbocycles. The molecule has 0 bridgehead atoms. The Balaban J connectivity index is 1.91. The summed E-state index contributed by atoms with van der Waals surface area (Å²) in [6.45, 7) is 0.0851. The molecule has 5 heteroatoms. The molecule has 2 rings (SSSR count). The number of nitrogen functional groups attached to an aromatic ring is 2. The van der Waals surface area contributed by atoms with Gasteiger partial charge in [-0.3, -0.25) is 0 Å². The van der Waals surface area contributed by atoms with Crippen LogP contribution >= 0.6 is 0 Å². The summed E-state index contributed by atoms with van der Waals surface area (Å²) in [5, 5.41) is 0. The van der Waals surface area contributed by atoms with Crippen LogP contribution in [0.3, 0.4) is 0 Å². The van der Waals surface area contributed by atoms with Gasteiger partial charge in [0.25, 0.3) is 0 Å². The Bertz CT molecular complexity index is 646. The Kier molecular flexibility index (Phi) is 4.56. The highest BCUT2D eigenvalue weighted by molar-refractivity contribution is 5.87. The molecule has 0 unspecified atom stereocenters. The lowest BCUT2D eigenvalue weighted by Gasteiger charge is -2.05. The van der Waals surface area contributed by atoms with E-state index in [9.17, 15) is 9.18 Å². The molecule has 0 heterocycles. The number of halogens is 1. The standard InChI is InChI=1S/C16H15FN2O2/c17-13-4-1-11(2-5-13)3-6-16(20)21-10-12-7-14(18)9-15(19)8-12/h1-9H,10,18-19H2. The van der Waals surface area contributed by atoms with E-state index in [2.05, 4.69) is 0 Å². The fourth-order valence-corrected chi connectivity index (χ4v) is 1.77. The number of carbonyl (C=O) groups excluding carboxylic acids is 1. The van der Waals surface area contributed by atoms with E-state index in [4.69, 9.17) is 16.2 Å². The van der Waals surface area contributed by atoms with Crippen LogP contribution < -0.4 is 11.5 Å². The number of hydrogen-bond donors (Lipinski definition) is 2. The van der Waals surface area contributed by atoms with Gasteiger partial charge in [0, 0.05) is 17.5 Å². The third kappa shape index (κ3) is 4.65. The minimum absolute atomic E-state index is 0.0851. The zero-order valence-corrected chi connectivity index (χ0v) is 11.3. The minimum atomic E-state index is -0.500. The van der Waals surface area contributed by atoms with Gasteiger partial charge in [0.1, 0.15) is 12.4 Å². The highest BCUT2D eigenvalue weighted by Gasteiger charge is 2.01. The Morgan fingerprint density at radius 1 is 1.10 bits per heavy atom. The van der Waals surface area contributed by atoms with Crippen LogP contribution in [0, 0.1) is 5.82 Å². The average molecular weight is 286 g/mol.